The van der Waals surface area contributed by atoms with E-state index < -0.39 is 0 Å². The quantitative estimate of drug-likeness (QED) is 0.901. The normalized spacial score (nSPS) is 17.7. The van der Waals surface area contributed by atoms with Crippen LogP contribution in [0.2, 0.25) is 5.02 Å². The molecule has 1 aliphatic heterocycles. The summed E-state index contributed by atoms with van der Waals surface area (Å²) < 4.78 is 0. The first-order chi connectivity index (χ1) is 10.0. The molecule has 0 radical (unpaired) electrons. The van der Waals surface area contributed by atoms with Crippen LogP contribution in [-0.2, 0) is 4.79 Å². The highest BCUT2D eigenvalue weighted by molar-refractivity contribution is 6.31. The summed E-state index contributed by atoms with van der Waals surface area (Å²) in [5, 5.41) is 6.31. The van der Waals surface area contributed by atoms with Gasteiger partial charge in [0.1, 0.15) is 0 Å². The molecule has 2 N–H and O–H groups in total. The molecular weight excluding hydrogens is 290 g/mol. The monoisotopic (exact) mass is 309 g/mol. The second-order valence-corrected chi connectivity index (χ2v) is 5.63. The van der Waals surface area contributed by atoms with Gasteiger partial charge in [-0.05, 0) is 44.0 Å². The largest absolute Gasteiger partial charge is 0.356 e. The van der Waals surface area contributed by atoms with E-state index in [0.717, 1.165) is 5.56 Å². The van der Waals surface area contributed by atoms with Crippen molar-refractivity contribution in [1.29, 1.82) is 0 Å². The van der Waals surface area contributed by atoms with Crippen LogP contribution in [0, 0.1) is 12.8 Å². The zero-order valence-corrected chi connectivity index (χ0v) is 13.0. The zero-order chi connectivity index (χ0) is 15.4. The molecule has 0 unspecified atom stereocenters. The smallest absolute Gasteiger partial charge is 0.321 e. The van der Waals surface area contributed by atoms with E-state index in [0.29, 0.717) is 36.8 Å². The number of hydrogen-bond donors (Lipinski definition) is 2. The molecule has 1 saturated heterocycles. The van der Waals surface area contributed by atoms with Crippen LogP contribution in [0.4, 0.5) is 10.5 Å². The van der Waals surface area contributed by atoms with Crippen LogP contribution in [0.1, 0.15) is 18.9 Å². The Hall–Kier alpha value is -1.75. The third-order valence-corrected chi connectivity index (χ3v) is 4.03. The fourth-order valence-electron chi connectivity index (χ4n) is 2.40. The number of aryl methyl sites for hydroxylation is 1. The van der Waals surface area contributed by atoms with Gasteiger partial charge in [0.15, 0.2) is 0 Å². The molecule has 1 fully saturated rings. The maximum atomic E-state index is 12.2. The van der Waals surface area contributed by atoms with Crippen LogP contribution in [0.5, 0.6) is 0 Å². The van der Waals surface area contributed by atoms with Gasteiger partial charge in [-0.1, -0.05) is 11.6 Å². The van der Waals surface area contributed by atoms with Crippen LogP contribution in [0.15, 0.2) is 18.2 Å². The van der Waals surface area contributed by atoms with Crippen LogP contribution in [0.3, 0.4) is 0 Å². The molecule has 0 saturated carbocycles. The number of likely N-dealkylation sites (tertiary alicyclic amines) is 1. The number of benzene rings is 1. The van der Waals surface area contributed by atoms with Crippen molar-refractivity contribution in [2.45, 2.75) is 20.3 Å². The van der Waals surface area contributed by atoms with E-state index >= 15 is 0 Å². The first-order valence-electron chi connectivity index (χ1n) is 7.11. The molecule has 1 atom stereocenters. The average Bonchev–Trinajstić information content (AvgIpc) is 2.93. The number of anilines is 1. The van der Waals surface area contributed by atoms with Gasteiger partial charge in [0.2, 0.25) is 5.91 Å². The highest BCUT2D eigenvalue weighted by atomic mass is 35.5. The number of urea groups is 1. The summed E-state index contributed by atoms with van der Waals surface area (Å²) >= 11 is 5.96. The molecule has 0 bridgehead atoms. The minimum atomic E-state index is -0.177. The Morgan fingerprint density at radius 1 is 1.43 bits per heavy atom. The number of hydrogen-bond acceptors (Lipinski definition) is 2. The predicted molar refractivity (Wildman–Crippen MR) is 83.6 cm³/mol. The highest BCUT2D eigenvalue weighted by Crippen LogP contribution is 2.21. The summed E-state index contributed by atoms with van der Waals surface area (Å²) in [6.07, 6.45) is 0.707. The molecule has 3 amide bonds. The van der Waals surface area contributed by atoms with Gasteiger partial charge >= 0.3 is 6.03 Å². The van der Waals surface area contributed by atoms with E-state index in [9.17, 15) is 9.59 Å². The number of nitrogens with zero attached hydrogens (tertiary/aromatic N) is 1. The molecule has 1 aliphatic rings. The van der Waals surface area contributed by atoms with Gasteiger partial charge in [-0.2, -0.15) is 0 Å². The van der Waals surface area contributed by atoms with E-state index in [2.05, 4.69) is 10.6 Å². The first kappa shape index (κ1) is 15.6. The first-order valence-corrected chi connectivity index (χ1v) is 7.49. The Balaban J connectivity index is 1.92. The summed E-state index contributed by atoms with van der Waals surface area (Å²) in [7, 11) is 0. The minimum absolute atomic E-state index is 0.0233. The van der Waals surface area contributed by atoms with Crippen molar-refractivity contribution in [1.82, 2.24) is 10.2 Å². The number of carbonyl (C=O) groups is 2. The van der Waals surface area contributed by atoms with Crippen molar-refractivity contribution in [3.8, 4) is 0 Å². The fraction of sp³-hybridized carbons (Fsp3) is 0.467. The minimum Gasteiger partial charge on any atom is -0.356 e. The van der Waals surface area contributed by atoms with Crippen molar-refractivity contribution in [2.75, 3.05) is 25.0 Å². The second-order valence-electron chi connectivity index (χ2n) is 5.22. The third kappa shape index (κ3) is 3.88. The zero-order valence-electron chi connectivity index (χ0n) is 12.3. The fourth-order valence-corrected chi connectivity index (χ4v) is 2.52. The molecule has 1 aromatic carbocycles. The van der Waals surface area contributed by atoms with Crippen LogP contribution < -0.4 is 10.6 Å². The van der Waals surface area contributed by atoms with E-state index in [-0.39, 0.29) is 17.9 Å². The van der Waals surface area contributed by atoms with Gasteiger partial charge in [-0.25, -0.2) is 4.79 Å². The van der Waals surface area contributed by atoms with E-state index in [1.807, 2.05) is 19.9 Å². The summed E-state index contributed by atoms with van der Waals surface area (Å²) in [6.45, 7) is 5.45. The summed E-state index contributed by atoms with van der Waals surface area (Å²) in [5.41, 5.74) is 1.62. The van der Waals surface area contributed by atoms with Crippen LogP contribution in [-0.4, -0.2) is 36.5 Å². The summed E-state index contributed by atoms with van der Waals surface area (Å²) in [6, 6.07) is 5.18. The van der Waals surface area contributed by atoms with E-state index in [1.54, 1.807) is 17.0 Å². The van der Waals surface area contributed by atoms with Crippen molar-refractivity contribution < 1.29 is 9.59 Å². The molecule has 1 heterocycles. The highest BCUT2D eigenvalue weighted by Gasteiger charge is 2.30. The summed E-state index contributed by atoms with van der Waals surface area (Å²) in [4.78, 5) is 25.6. The van der Waals surface area contributed by atoms with Gasteiger partial charge in [-0.3, -0.25) is 4.79 Å². The topological polar surface area (TPSA) is 61.4 Å². The van der Waals surface area contributed by atoms with Crippen molar-refractivity contribution in [3.63, 3.8) is 0 Å². The van der Waals surface area contributed by atoms with Crippen LogP contribution >= 0.6 is 11.6 Å². The van der Waals surface area contributed by atoms with Gasteiger partial charge < -0.3 is 15.5 Å². The Bertz CT molecular complexity index is 548. The van der Waals surface area contributed by atoms with Crippen molar-refractivity contribution >= 4 is 29.2 Å². The molecule has 0 spiro atoms. The number of halogens is 1. The number of amides is 3. The average molecular weight is 310 g/mol. The lowest BCUT2D eigenvalue weighted by Crippen LogP contribution is -2.36. The van der Waals surface area contributed by atoms with Crippen LogP contribution in [0.25, 0.3) is 0 Å². The maximum Gasteiger partial charge on any atom is 0.321 e. The van der Waals surface area contributed by atoms with Gasteiger partial charge in [-0.15, -0.1) is 0 Å². The lowest BCUT2D eigenvalue weighted by molar-refractivity contribution is -0.124. The van der Waals surface area contributed by atoms with Gasteiger partial charge in [0.05, 0.1) is 5.92 Å². The number of nitrogens with one attached hydrogen (secondary N) is 2. The number of carbonyl (C=O) groups excluding carboxylic acids is 2. The number of rotatable bonds is 3. The molecule has 1 aromatic rings. The van der Waals surface area contributed by atoms with Crippen molar-refractivity contribution in [3.05, 3.63) is 28.8 Å². The third-order valence-electron chi connectivity index (χ3n) is 3.61. The molecule has 114 valence electrons. The van der Waals surface area contributed by atoms with E-state index in [4.69, 9.17) is 11.6 Å². The Morgan fingerprint density at radius 2 is 2.19 bits per heavy atom. The molecule has 0 aliphatic carbocycles. The van der Waals surface area contributed by atoms with Gasteiger partial charge in [0, 0.05) is 30.3 Å². The molecule has 6 heteroatoms. The maximum absolute atomic E-state index is 12.2. The molecular formula is C15H20ClN3O2. The molecule has 0 aromatic heterocycles. The Kier molecular flexibility index (Phi) is 5.07. The second kappa shape index (κ2) is 6.80. The molecule has 5 nitrogen and oxygen atoms in total. The lowest BCUT2D eigenvalue weighted by Gasteiger charge is -2.17. The Labute approximate surface area is 129 Å². The van der Waals surface area contributed by atoms with Gasteiger partial charge in [0.25, 0.3) is 0 Å². The molecule has 21 heavy (non-hydrogen) atoms. The standard InChI is InChI=1S/C15H20ClN3O2/c1-3-17-14(20)11-6-7-19(9-11)15(21)18-12-4-5-13(16)10(2)8-12/h4-5,8,11H,3,6-7,9H2,1-2H3,(H,17,20)(H,18,21)/t11-/m1/s1. The predicted octanol–water partition coefficient (Wildman–Crippen LogP) is 2.64. The molecule has 2 rings (SSSR count). The van der Waals surface area contributed by atoms with E-state index in [1.165, 1.54) is 0 Å². The summed E-state index contributed by atoms with van der Waals surface area (Å²) in [5.74, 6) is -0.0854. The Morgan fingerprint density at radius 3 is 2.86 bits per heavy atom. The SMILES string of the molecule is CCNC(=O)[C@@H]1CCN(C(=O)Nc2ccc(Cl)c(C)c2)C1. The lowest BCUT2D eigenvalue weighted by atomic mass is 10.1. The van der Waals surface area contributed by atoms with Crippen molar-refractivity contribution in [2.24, 2.45) is 5.92 Å².